The Hall–Kier alpha value is -0.480. The van der Waals surface area contributed by atoms with Gasteiger partial charge in [0.05, 0.1) is 5.69 Å². The minimum absolute atomic E-state index is 0.620. The number of thioether (sulfide) groups is 1. The van der Waals surface area contributed by atoms with Crippen molar-refractivity contribution in [3.8, 4) is 0 Å². The molecule has 0 aliphatic carbocycles. The lowest BCUT2D eigenvalue weighted by Gasteiger charge is -2.24. The summed E-state index contributed by atoms with van der Waals surface area (Å²) in [5.74, 6) is 3.48. The van der Waals surface area contributed by atoms with Crippen LogP contribution in [0.3, 0.4) is 0 Å². The summed E-state index contributed by atoms with van der Waals surface area (Å²) >= 11 is 2.10. The minimum Gasteiger partial charge on any atom is -0.313 e. The van der Waals surface area contributed by atoms with Gasteiger partial charge in [-0.25, -0.2) is 0 Å². The van der Waals surface area contributed by atoms with Crippen molar-refractivity contribution in [2.45, 2.75) is 39.2 Å². The molecule has 2 rings (SSSR count). The van der Waals surface area contributed by atoms with Crippen molar-refractivity contribution >= 4 is 11.8 Å². The van der Waals surface area contributed by atoms with E-state index >= 15 is 0 Å². The maximum absolute atomic E-state index is 4.45. The van der Waals surface area contributed by atoms with Crippen LogP contribution in [0, 0.1) is 12.8 Å². The van der Waals surface area contributed by atoms with Gasteiger partial charge in [0.2, 0.25) is 0 Å². The van der Waals surface area contributed by atoms with Gasteiger partial charge >= 0.3 is 0 Å². The lowest BCUT2D eigenvalue weighted by Crippen LogP contribution is -2.39. The Kier molecular flexibility index (Phi) is 5.13. The average molecular weight is 267 g/mol. The van der Waals surface area contributed by atoms with Crippen LogP contribution in [0.15, 0.2) is 6.07 Å². The Labute approximate surface area is 115 Å². The number of hydrogen-bond acceptors (Lipinski definition) is 3. The molecule has 0 saturated carbocycles. The molecule has 1 fully saturated rings. The average Bonchev–Trinajstić information content (AvgIpc) is 2.95. The van der Waals surface area contributed by atoms with Gasteiger partial charge in [0.25, 0.3) is 0 Å². The molecule has 0 bridgehead atoms. The zero-order valence-electron chi connectivity index (χ0n) is 11.8. The van der Waals surface area contributed by atoms with E-state index in [4.69, 9.17) is 0 Å². The first-order chi connectivity index (χ1) is 8.70. The summed E-state index contributed by atoms with van der Waals surface area (Å²) in [5, 5.41) is 8.20. The summed E-state index contributed by atoms with van der Waals surface area (Å²) in [5.41, 5.74) is 2.49. The van der Waals surface area contributed by atoms with Crippen LogP contribution in [0.1, 0.15) is 31.2 Å². The van der Waals surface area contributed by atoms with Crippen molar-refractivity contribution in [3.05, 3.63) is 17.5 Å². The van der Waals surface area contributed by atoms with E-state index in [2.05, 4.69) is 49.1 Å². The number of hydrogen-bond donors (Lipinski definition) is 1. The molecule has 1 saturated heterocycles. The summed E-state index contributed by atoms with van der Waals surface area (Å²) in [6.45, 7) is 5.44. The molecule has 0 amide bonds. The molecule has 102 valence electrons. The normalized spacial score (nSPS) is 21.4. The van der Waals surface area contributed by atoms with Gasteiger partial charge in [-0.1, -0.05) is 6.92 Å². The maximum Gasteiger partial charge on any atom is 0.0596 e. The summed E-state index contributed by atoms with van der Waals surface area (Å²) in [6, 6.07) is 2.85. The molecule has 1 aliphatic rings. The van der Waals surface area contributed by atoms with Crippen LogP contribution in [-0.4, -0.2) is 33.9 Å². The van der Waals surface area contributed by atoms with E-state index in [9.17, 15) is 0 Å². The van der Waals surface area contributed by atoms with E-state index in [1.807, 2.05) is 4.68 Å². The second-order valence-corrected chi connectivity index (χ2v) is 6.44. The first-order valence-corrected chi connectivity index (χ1v) is 8.16. The molecule has 1 aromatic rings. The molecule has 2 unspecified atom stereocenters. The number of aryl methyl sites for hydroxylation is 2. The van der Waals surface area contributed by atoms with Crippen molar-refractivity contribution in [3.63, 3.8) is 0 Å². The molecular weight excluding hydrogens is 242 g/mol. The highest BCUT2D eigenvalue weighted by molar-refractivity contribution is 7.99. The lowest BCUT2D eigenvalue weighted by molar-refractivity contribution is 0.373. The van der Waals surface area contributed by atoms with E-state index in [1.54, 1.807) is 0 Å². The predicted molar refractivity (Wildman–Crippen MR) is 79.2 cm³/mol. The summed E-state index contributed by atoms with van der Waals surface area (Å²) < 4.78 is 2.04. The number of nitrogens with one attached hydrogen (secondary N) is 1. The second kappa shape index (κ2) is 6.62. The standard InChI is InChI=1S/C14H25N3S/c1-4-6-15-14(12-5-7-18-10-12)9-13-8-11(2)16-17(13)3/h8,12,14-15H,4-7,9-10H2,1-3H3. The first kappa shape index (κ1) is 13.9. The molecule has 2 heterocycles. The van der Waals surface area contributed by atoms with Crippen LogP contribution in [0.5, 0.6) is 0 Å². The lowest BCUT2D eigenvalue weighted by atomic mass is 9.94. The van der Waals surface area contributed by atoms with Crippen LogP contribution in [0.4, 0.5) is 0 Å². The molecule has 1 N–H and O–H groups in total. The van der Waals surface area contributed by atoms with Crippen LogP contribution in [0.2, 0.25) is 0 Å². The minimum atomic E-state index is 0.620. The Balaban J connectivity index is 2.01. The van der Waals surface area contributed by atoms with Gasteiger partial charge in [-0.2, -0.15) is 16.9 Å². The van der Waals surface area contributed by atoms with Crippen molar-refractivity contribution < 1.29 is 0 Å². The fraction of sp³-hybridized carbons (Fsp3) is 0.786. The Morgan fingerprint density at radius 1 is 1.61 bits per heavy atom. The van der Waals surface area contributed by atoms with E-state index in [0.717, 1.165) is 24.6 Å². The molecule has 4 heteroatoms. The van der Waals surface area contributed by atoms with E-state index in [1.165, 1.54) is 30.0 Å². The molecule has 0 radical (unpaired) electrons. The SMILES string of the molecule is CCCNC(Cc1cc(C)nn1C)C1CCSC1. The van der Waals surface area contributed by atoms with Crippen molar-refractivity contribution in [2.24, 2.45) is 13.0 Å². The number of nitrogens with zero attached hydrogens (tertiary/aromatic N) is 2. The van der Waals surface area contributed by atoms with Gasteiger partial charge in [0, 0.05) is 25.2 Å². The third kappa shape index (κ3) is 3.51. The smallest absolute Gasteiger partial charge is 0.0596 e. The van der Waals surface area contributed by atoms with Crippen LogP contribution in [-0.2, 0) is 13.5 Å². The van der Waals surface area contributed by atoms with Gasteiger partial charge in [-0.05, 0) is 49.8 Å². The molecule has 0 spiro atoms. The summed E-state index contributed by atoms with van der Waals surface area (Å²) in [7, 11) is 2.06. The van der Waals surface area contributed by atoms with Crippen molar-refractivity contribution in [1.82, 2.24) is 15.1 Å². The first-order valence-electron chi connectivity index (χ1n) is 7.01. The Bertz CT molecular complexity index is 369. The van der Waals surface area contributed by atoms with E-state index in [0.29, 0.717) is 6.04 Å². The van der Waals surface area contributed by atoms with Gasteiger partial charge in [0.15, 0.2) is 0 Å². The molecular formula is C14H25N3S. The number of rotatable bonds is 6. The molecule has 18 heavy (non-hydrogen) atoms. The zero-order valence-corrected chi connectivity index (χ0v) is 12.6. The number of aromatic nitrogens is 2. The Morgan fingerprint density at radius 2 is 2.44 bits per heavy atom. The van der Waals surface area contributed by atoms with Gasteiger partial charge in [-0.3, -0.25) is 4.68 Å². The highest BCUT2D eigenvalue weighted by atomic mass is 32.2. The molecule has 2 atom stereocenters. The summed E-state index contributed by atoms with van der Waals surface area (Å²) in [4.78, 5) is 0. The Morgan fingerprint density at radius 3 is 3.00 bits per heavy atom. The largest absolute Gasteiger partial charge is 0.313 e. The molecule has 3 nitrogen and oxygen atoms in total. The molecule has 0 aromatic carbocycles. The van der Waals surface area contributed by atoms with E-state index < -0.39 is 0 Å². The van der Waals surface area contributed by atoms with Crippen molar-refractivity contribution in [1.29, 1.82) is 0 Å². The van der Waals surface area contributed by atoms with Crippen LogP contribution >= 0.6 is 11.8 Å². The third-order valence-corrected chi connectivity index (χ3v) is 4.91. The molecule has 1 aliphatic heterocycles. The highest BCUT2D eigenvalue weighted by Gasteiger charge is 2.25. The quantitative estimate of drug-likeness (QED) is 0.858. The zero-order chi connectivity index (χ0) is 13.0. The highest BCUT2D eigenvalue weighted by Crippen LogP contribution is 2.27. The van der Waals surface area contributed by atoms with Crippen LogP contribution < -0.4 is 5.32 Å². The maximum atomic E-state index is 4.45. The fourth-order valence-electron chi connectivity index (χ4n) is 2.69. The van der Waals surface area contributed by atoms with Gasteiger partial charge in [-0.15, -0.1) is 0 Å². The van der Waals surface area contributed by atoms with Crippen LogP contribution in [0.25, 0.3) is 0 Å². The fourth-order valence-corrected chi connectivity index (χ4v) is 4.02. The van der Waals surface area contributed by atoms with E-state index in [-0.39, 0.29) is 0 Å². The van der Waals surface area contributed by atoms with Crippen molar-refractivity contribution in [2.75, 3.05) is 18.1 Å². The predicted octanol–water partition coefficient (Wildman–Crippen LogP) is 2.39. The molecule has 1 aromatic heterocycles. The van der Waals surface area contributed by atoms with Gasteiger partial charge < -0.3 is 5.32 Å². The second-order valence-electron chi connectivity index (χ2n) is 5.29. The third-order valence-electron chi connectivity index (χ3n) is 3.72. The monoisotopic (exact) mass is 267 g/mol. The summed E-state index contributed by atoms with van der Waals surface area (Å²) in [6.07, 6.45) is 3.69. The van der Waals surface area contributed by atoms with Gasteiger partial charge in [0.1, 0.15) is 0 Å². The topological polar surface area (TPSA) is 29.9 Å².